The first-order chi connectivity index (χ1) is 11.9. The van der Waals surface area contributed by atoms with Crippen molar-refractivity contribution < 1.29 is 19.1 Å². The van der Waals surface area contributed by atoms with Crippen LogP contribution >= 0.6 is 11.8 Å². The van der Waals surface area contributed by atoms with Crippen LogP contribution in [0.4, 0.5) is 11.4 Å². The standard InChI is InChI=1S/C18H16N2O4S/c1-10-17(22)20-15-9-12(3-8-16(15)25-10)18(23)24-14-6-4-13(5-7-14)19-11(2)21/h3-10H,1-2H3,(H,19,21)(H,20,22)/t10-/m1/s1. The fourth-order valence-electron chi connectivity index (χ4n) is 2.31. The maximum atomic E-state index is 12.3. The maximum Gasteiger partial charge on any atom is 0.343 e. The Morgan fingerprint density at radius 2 is 1.88 bits per heavy atom. The number of esters is 1. The monoisotopic (exact) mass is 356 g/mol. The van der Waals surface area contributed by atoms with Crippen molar-refractivity contribution in [2.24, 2.45) is 0 Å². The Kier molecular flexibility index (Phi) is 4.76. The predicted molar refractivity (Wildman–Crippen MR) is 96.1 cm³/mol. The quantitative estimate of drug-likeness (QED) is 0.651. The molecule has 0 aromatic heterocycles. The summed E-state index contributed by atoms with van der Waals surface area (Å²) in [4.78, 5) is 36.0. The number of amides is 2. The number of fused-ring (bicyclic) bond motifs is 1. The van der Waals surface area contributed by atoms with Crippen molar-refractivity contribution in [1.29, 1.82) is 0 Å². The summed E-state index contributed by atoms with van der Waals surface area (Å²) in [6, 6.07) is 11.6. The lowest BCUT2D eigenvalue weighted by molar-refractivity contribution is -0.115. The minimum atomic E-state index is -0.520. The van der Waals surface area contributed by atoms with Crippen LogP contribution in [-0.4, -0.2) is 23.0 Å². The summed E-state index contributed by atoms with van der Waals surface area (Å²) in [6.07, 6.45) is 0. The number of carbonyl (C=O) groups excluding carboxylic acids is 3. The summed E-state index contributed by atoms with van der Waals surface area (Å²) in [5.41, 5.74) is 1.58. The van der Waals surface area contributed by atoms with E-state index in [0.29, 0.717) is 22.7 Å². The Bertz CT molecular complexity index is 849. The fraction of sp³-hybridized carbons (Fsp3) is 0.167. The summed E-state index contributed by atoms with van der Waals surface area (Å²) in [5.74, 6) is -0.415. The molecule has 1 heterocycles. The number of carbonyl (C=O) groups is 3. The van der Waals surface area contributed by atoms with Gasteiger partial charge in [0.05, 0.1) is 16.5 Å². The normalized spacial score (nSPS) is 15.8. The molecular weight excluding hydrogens is 340 g/mol. The van der Waals surface area contributed by atoms with Crippen LogP contribution in [-0.2, 0) is 9.59 Å². The molecule has 0 radical (unpaired) electrons. The molecule has 2 aromatic rings. The second-order valence-electron chi connectivity index (χ2n) is 5.56. The zero-order chi connectivity index (χ0) is 18.0. The molecule has 0 saturated carbocycles. The van der Waals surface area contributed by atoms with Gasteiger partial charge in [0, 0.05) is 17.5 Å². The topological polar surface area (TPSA) is 84.5 Å². The van der Waals surface area contributed by atoms with E-state index in [-0.39, 0.29) is 17.1 Å². The number of hydrogen-bond donors (Lipinski definition) is 2. The molecule has 2 N–H and O–H groups in total. The molecule has 3 rings (SSSR count). The highest BCUT2D eigenvalue weighted by Gasteiger charge is 2.24. The van der Waals surface area contributed by atoms with E-state index in [1.54, 1.807) is 42.5 Å². The Balaban J connectivity index is 1.72. The number of thioether (sulfide) groups is 1. The van der Waals surface area contributed by atoms with E-state index in [4.69, 9.17) is 4.74 Å². The highest BCUT2D eigenvalue weighted by molar-refractivity contribution is 8.00. The Hall–Kier alpha value is -2.80. The van der Waals surface area contributed by atoms with Crippen molar-refractivity contribution >= 4 is 40.9 Å². The molecular formula is C18H16N2O4S. The molecule has 6 nitrogen and oxygen atoms in total. The first-order valence-electron chi connectivity index (χ1n) is 7.64. The van der Waals surface area contributed by atoms with E-state index in [2.05, 4.69) is 10.6 Å². The SMILES string of the molecule is CC(=O)Nc1ccc(OC(=O)c2ccc3c(c2)NC(=O)[C@@H](C)S3)cc1. The van der Waals surface area contributed by atoms with Gasteiger partial charge >= 0.3 is 5.97 Å². The summed E-state index contributed by atoms with van der Waals surface area (Å²) >= 11 is 1.45. The van der Waals surface area contributed by atoms with Crippen LogP contribution < -0.4 is 15.4 Å². The Labute approximate surface area is 148 Å². The average molecular weight is 356 g/mol. The van der Waals surface area contributed by atoms with E-state index in [9.17, 15) is 14.4 Å². The number of anilines is 2. The molecule has 0 spiro atoms. The lowest BCUT2D eigenvalue weighted by Gasteiger charge is -2.21. The molecule has 0 fully saturated rings. The van der Waals surface area contributed by atoms with Gasteiger partial charge in [-0.25, -0.2) is 4.79 Å². The summed E-state index contributed by atoms with van der Waals surface area (Å²) < 4.78 is 5.33. The van der Waals surface area contributed by atoms with Crippen LogP contribution in [0.25, 0.3) is 0 Å². The molecule has 0 saturated heterocycles. The van der Waals surface area contributed by atoms with E-state index >= 15 is 0 Å². The van der Waals surface area contributed by atoms with Crippen molar-refractivity contribution in [3.63, 3.8) is 0 Å². The van der Waals surface area contributed by atoms with Gasteiger partial charge in [0.2, 0.25) is 11.8 Å². The molecule has 128 valence electrons. The first-order valence-corrected chi connectivity index (χ1v) is 8.52. The summed E-state index contributed by atoms with van der Waals surface area (Å²) in [6.45, 7) is 3.25. The van der Waals surface area contributed by atoms with Crippen molar-refractivity contribution in [3.05, 3.63) is 48.0 Å². The van der Waals surface area contributed by atoms with E-state index in [1.807, 2.05) is 6.92 Å². The molecule has 2 amide bonds. The molecule has 1 aliphatic heterocycles. The van der Waals surface area contributed by atoms with Gasteiger partial charge in [-0.2, -0.15) is 0 Å². The van der Waals surface area contributed by atoms with Gasteiger partial charge in [0.1, 0.15) is 5.75 Å². The largest absolute Gasteiger partial charge is 0.423 e. The molecule has 25 heavy (non-hydrogen) atoms. The second-order valence-corrected chi connectivity index (χ2v) is 6.94. The van der Waals surface area contributed by atoms with E-state index < -0.39 is 5.97 Å². The highest BCUT2D eigenvalue weighted by atomic mass is 32.2. The van der Waals surface area contributed by atoms with Crippen LogP contribution in [0.3, 0.4) is 0 Å². The van der Waals surface area contributed by atoms with Crippen LogP contribution in [0, 0.1) is 0 Å². The van der Waals surface area contributed by atoms with Gasteiger partial charge in [-0.05, 0) is 49.4 Å². The van der Waals surface area contributed by atoms with Crippen LogP contribution in [0.15, 0.2) is 47.4 Å². The van der Waals surface area contributed by atoms with E-state index in [1.165, 1.54) is 18.7 Å². The predicted octanol–water partition coefficient (Wildman–Crippen LogP) is 3.30. The van der Waals surface area contributed by atoms with Crippen LogP contribution in [0.2, 0.25) is 0 Å². The molecule has 0 bridgehead atoms. The van der Waals surface area contributed by atoms with Crippen molar-refractivity contribution in [2.75, 3.05) is 10.6 Å². The zero-order valence-electron chi connectivity index (χ0n) is 13.7. The average Bonchev–Trinajstić information content (AvgIpc) is 2.57. The minimum Gasteiger partial charge on any atom is -0.423 e. The van der Waals surface area contributed by atoms with Gasteiger partial charge in [-0.1, -0.05) is 0 Å². The number of nitrogens with one attached hydrogen (secondary N) is 2. The lowest BCUT2D eigenvalue weighted by atomic mass is 10.2. The van der Waals surface area contributed by atoms with Crippen LogP contribution in [0.1, 0.15) is 24.2 Å². The third-order valence-electron chi connectivity index (χ3n) is 3.53. The number of rotatable bonds is 3. The smallest absolute Gasteiger partial charge is 0.343 e. The number of ether oxygens (including phenoxy) is 1. The maximum absolute atomic E-state index is 12.3. The van der Waals surface area contributed by atoms with E-state index in [0.717, 1.165) is 4.90 Å². The number of hydrogen-bond acceptors (Lipinski definition) is 5. The zero-order valence-corrected chi connectivity index (χ0v) is 14.5. The van der Waals surface area contributed by atoms with Gasteiger partial charge in [-0.15, -0.1) is 11.8 Å². The third-order valence-corrected chi connectivity index (χ3v) is 4.71. The summed E-state index contributed by atoms with van der Waals surface area (Å²) in [5, 5.41) is 5.26. The molecule has 1 aliphatic rings. The molecule has 7 heteroatoms. The van der Waals surface area contributed by atoms with Gasteiger partial charge in [-0.3, -0.25) is 9.59 Å². The number of benzene rings is 2. The van der Waals surface area contributed by atoms with Crippen molar-refractivity contribution in [2.45, 2.75) is 24.0 Å². The van der Waals surface area contributed by atoms with Crippen molar-refractivity contribution in [1.82, 2.24) is 0 Å². The van der Waals surface area contributed by atoms with Gasteiger partial charge in [0.15, 0.2) is 0 Å². The van der Waals surface area contributed by atoms with Crippen LogP contribution in [0.5, 0.6) is 5.75 Å². The van der Waals surface area contributed by atoms with Gasteiger partial charge in [0.25, 0.3) is 0 Å². The van der Waals surface area contributed by atoms with Gasteiger partial charge < -0.3 is 15.4 Å². The molecule has 0 aliphatic carbocycles. The Morgan fingerprint density at radius 1 is 1.16 bits per heavy atom. The first kappa shape index (κ1) is 17.0. The fourth-order valence-corrected chi connectivity index (χ4v) is 3.24. The summed E-state index contributed by atoms with van der Waals surface area (Å²) in [7, 11) is 0. The lowest BCUT2D eigenvalue weighted by Crippen LogP contribution is -2.26. The molecule has 2 aromatic carbocycles. The Morgan fingerprint density at radius 3 is 2.56 bits per heavy atom. The third kappa shape index (κ3) is 4.00. The minimum absolute atomic E-state index is 0.0865. The second kappa shape index (κ2) is 6.98. The highest BCUT2D eigenvalue weighted by Crippen LogP contribution is 2.36. The van der Waals surface area contributed by atoms with Crippen molar-refractivity contribution in [3.8, 4) is 5.75 Å². The molecule has 1 atom stereocenters. The molecule has 0 unspecified atom stereocenters.